The number of nitrogens with one attached hydrogen (secondary N) is 2. The molecular formula is C22H26N6O2. The van der Waals surface area contributed by atoms with E-state index < -0.39 is 5.60 Å². The Labute approximate surface area is 175 Å². The van der Waals surface area contributed by atoms with Crippen molar-refractivity contribution in [1.29, 1.82) is 0 Å². The van der Waals surface area contributed by atoms with Crippen LogP contribution in [0.2, 0.25) is 0 Å². The Morgan fingerprint density at radius 2 is 1.83 bits per heavy atom. The van der Waals surface area contributed by atoms with Gasteiger partial charge in [-0.05, 0) is 44.5 Å². The van der Waals surface area contributed by atoms with Crippen molar-refractivity contribution in [3.8, 4) is 0 Å². The van der Waals surface area contributed by atoms with Gasteiger partial charge in [-0.3, -0.25) is 9.97 Å². The van der Waals surface area contributed by atoms with E-state index >= 15 is 0 Å². The molecule has 0 bridgehead atoms. The molecular weight excluding hydrogens is 380 g/mol. The fourth-order valence-corrected chi connectivity index (χ4v) is 3.21. The summed E-state index contributed by atoms with van der Waals surface area (Å²) >= 11 is 0. The molecule has 0 atom stereocenters. The predicted octanol–water partition coefficient (Wildman–Crippen LogP) is 3.67. The molecule has 1 aliphatic heterocycles. The first-order valence-corrected chi connectivity index (χ1v) is 10.00. The van der Waals surface area contributed by atoms with E-state index in [1.165, 1.54) is 0 Å². The molecule has 30 heavy (non-hydrogen) atoms. The Bertz CT molecular complexity index is 1040. The lowest BCUT2D eigenvalue weighted by molar-refractivity contribution is 0.0105. The standard InChI is InChI=1S/C22H26N6O2/c1-22(2,3)30-21(29)28-13-17(14-28)27-16-6-7-25-20(11-16)26-12-15-4-5-18-19(10-15)24-9-8-23-18/h4-11,17H,12-14H2,1-3H3,(H2,25,26,27). The number of hydrogen-bond donors (Lipinski definition) is 2. The molecule has 8 nitrogen and oxygen atoms in total. The van der Waals surface area contributed by atoms with Crippen molar-refractivity contribution in [2.24, 2.45) is 0 Å². The topological polar surface area (TPSA) is 92.3 Å². The van der Waals surface area contributed by atoms with Crippen molar-refractivity contribution in [2.45, 2.75) is 39.0 Å². The largest absolute Gasteiger partial charge is 0.444 e. The minimum Gasteiger partial charge on any atom is -0.444 e. The van der Waals surface area contributed by atoms with Crippen molar-refractivity contribution < 1.29 is 9.53 Å². The monoisotopic (exact) mass is 406 g/mol. The van der Waals surface area contributed by atoms with E-state index in [-0.39, 0.29) is 12.1 Å². The summed E-state index contributed by atoms with van der Waals surface area (Å²) in [5, 5.41) is 6.79. The summed E-state index contributed by atoms with van der Waals surface area (Å²) in [6.45, 7) is 7.50. The number of ether oxygens (including phenoxy) is 1. The third kappa shape index (κ3) is 4.94. The molecule has 1 amide bonds. The van der Waals surface area contributed by atoms with E-state index in [1.807, 2.05) is 51.1 Å². The molecule has 8 heteroatoms. The number of likely N-dealkylation sites (tertiary alicyclic amines) is 1. The summed E-state index contributed by atoms with van der Waals surface area (Å²) < 4.78 is 5.39. The van der Waals surface area contributed by atoms with E-state index in [9.17, 15) is 4.79 Å². The van der Waals surface area contributed by atoms with Crippen LogP contribution in [-0.4, -0.2) is 50.7 Å². The molecule has 0 unspecified atom stereocenters. The number of rotatable bonds is 5. The van der Waals surface area contributed by atoms with Gasteiger partial charge in [0.25, 0.3) is 0 Å². The summed E-state index contributed by atoms with van der Waals surface area (Å²) in [6, 6.07) is 10.1. The van der Waals surface area contributed by atoms with Gasteiger partial charge in [-0.1, -0.05) is 6.07 Å². The zero-order chi connectivity index (χ0) is 21.1. The van der Waals surface area contributed by atoms with Gasteiger partial charge in [-0.25, -0.2) is 9.78 Å². The van der Waals surface area contributed by atoms with Crippen LogP contribution in [0.25, 0.3) is 11.0 Å². The first-order chi connectivity index (χ1) is 14.4. The van der Waals surface area contributed by atoms with Crippen molar-refractivity contribution >= 4 is 28.6 Å². The number of anilines is 2. The summed E-state index contributed by atoms with van der Waals surface area (Å²) in [5.74, 6) is 0.780. The highest BCUT2D eigenvalue weighted by Crippen LogP contribution is 2.20. The summed E-state index contributed by atoms with van der Waals surface area (Å²) in [4.78, 5) is 26.8. The highest BCUT2D eigenvalue weighted by atomic mass is 16.6. The lowest BCUT2D eigenvalue weighted by Gasteiger charge is -2.40. The second-order valence-corrected chi connectivity index (χ2v) is 8.39. The van der Waals surface area contributed by atoms with Gasteiger partial charge < -0.3 is 20.3 Å². The van der Waals surface area contributed by atoms with Gasteiger partial charge in [0.15, 0.2) is 0 Å². The average Bonchev–Trinajstić information content (AvgIpc) is 2.67. The minimum atomic E-state index is -0.473. The zero-order valence-corrected chi connectivity index (χ0v) is 17.4. The third-order valence-electron chi connectivity index (χ3n) is 4.67. The number of amides is 1. The van der Waals surface area contributed by atoms with Crippen molar-refractivity contribution in [3.05, 3.63) is 54.5 Å². The molecule has 2 N–H and O–H groups in total. The molecule has 0 spiro atoms. The van der Waals surface area contributed by atoms with Crippen molar-refractivity contribution in [3.63, 3.8) is 0 Å². The molecule has 4 rings (SSSR count). The SMILES string of the molecule is CC(C)(C)OC(=O)N1CC(Nc2ccnc(NCc3ccc4nccnc4c3)c2)C1. The molecule has 0 saturated carbocycles. The fourth-order valence-electron chi connectivity index (χ4n) is 3.21. The Hall–Kier alpha value is -3.42. The first kappa shape index (κ1) is 19.9. The maximum Gasteiger partial charge on any atom is 0.410 e. The molecule has 3 heterocycles. The number of nitrogens with zero attached hydrogens (tertiary/aromatic N) is 4. The molecule has 0 radical (unpaired) electrons. The molecule has 1 saturated heterocycles. The molecule has 1 aromatic carbocycles. The maximum absolute atomic E-state index is 12.0. The highest BCUT2D eigenvalue weighted by Gasteiger charge is 2.33. The Kier molecular flexibility index (Phi) is 5.39. The summed E-state index contributed by atoms with van der Waals surface area (Å²) in [5.41, 5.74) is 3.35. The quantitative estimate of drug-likeness (QED) is 0.668. The number of fused-ring (bicyclic) bond motifs is 1. The summed E-state index contributed by atoms with van der Waals surface area (Å²) in [7, 11) is 0. The van der Waals surface area contributed by atoms with E-state index in [0.29, 0.717) is 19.6 Å². The Morgan fingerprint density at radius 1 is 1.07 bits per heavy atom. The van der Waals surface area contributed by atoms with Crippen LogP contribution < -0.4 is 10.6 Å². The van der Waals surface area contributed by atoms with Gasteiger partial charge in [0.05, 0.1) is 17.1 Å². The second kappa shape index (κ2) is 8.14. The zero-order valence-electron chi connectivity index (χ0n) is 17.4. The van der Waals surface area contributed by atoms with Gasteiger partial charge in [0.1, 0.15) is 11.4 Å². The van der Waals surface area contributed by atoms with Crippen LogP contribution in [0.3, 0.4) is 0 Å². The number of aromatic nitrogens is 3. The number of hydrogen-bond acceptors (Lipinski definition) is 7. The van der Waals surface area contributed by atoms with Crippen LogP contribution in [0.15, 0.2) is 48.9 Å². The fraction of sp³-hybridized carbons (Fsp3) is 0.364. The first-order valence-electron chi connectivity index (χ1n) is 10.00. The molecule has 2 aromatic heterocycles. The number of pyridine rings is 1. The Morgan fingerprint density at radius 3 is 2.60 bits per heavy atom. The van der Waals surface area contributed by atoms with Crippen LogP contribution in [0.4, 0.5) is 16.3 Å². The lowest BCUT2D eigenvalue weighted by atomic mass is 10.1. The smallest absolute Gasteiger partial charge is 0.410 e. The van der Waals surface area contributed by atoms with Gasteiger partial charge in [-0.15, -0.1) is 0 Å². The maximum atomic E-state index is 12.0. The van der Waals surface area contributed by atoms with E-state index in [1.54, 1.807) is 23.5 Å². The number of carbonyl (C=O) groups excluding carboxylic acids is 1. The van der Waals surface area contributed by atoms with E-state index in [2.05, 4.69) is 25.6 Å². The van der Waals surface area contributed by atoms with Crippen LogP contribution in [-0.2, 0) is 11.3 Å². The third-order valence-corrected chi connectivity index (χ3v) is 4.67. The summed E-state index contributed by atoms with van der Waals surface area (Å²) in [6.07, 6.45) is 4.89. The van der Waals surface area contributed by atoms with Gasteiger partial charge in [0, 0.05) is 50.0 Å². The molecule has 0 aliphatic carbocycles. The predicted molar refractivity (Wildman–Crippen MR) is 116 cm³/mol. The Balaban J connectivity index is 1.29. The van der Waals surface area contributed by atoms with Crippen LogP contribution in [0.5, 0.6) is 0 Å². The highest BCUT2D eigenvalue weighted by molar-refractivity contribution is 5.74. The minimum absolute atomic E-state index is 0.201. The molecule has 3 aromatic rings. The van der Waals surface area contributed by atoms with Gasteiger partial charge in [-0.2, -0.15) is 0 Å². The van der Waals surface area contributed by atoms with E-state index in [0.717, 1.165) is 28.1 Å². The van der Waals surface area contributed by atoms with Gasteiger partial charge in [0.2, 0.25) is 0 Å². The van der Waals surface area contributed by atoms with Crippen molar-refractivity contribution in [1.82, 2.24) is 19.9 Å². The molecule has 1 fully saturated rings. The van der Waals surface area contributed by atoms with E-state index in [4.69, 9.17) is 4.74 Å². The van der Waals surface area contributed by atoms with Gasteiger partial charge >= 0.3 is 6.09 Å². The number of carbonyl (C=O) groups is 1. The lowest BCUT2D eigenvalue weighted by Crippen LogP contribution is -2.57. The van der Waals surface area contributed by atoms with Crippen LogP contribution in [0, 0.1) is 0 Å². The molecule has 1 aliphatic rings. The van der Waals surface area contributed by atoms with Crippen LogP contribution in [0.1, 0.15) is 26.3 Å². The van der Waals surface area contributed by atoms with Crippen molar-refractivity contribution in [2.75, 3.05) is 23.7 Å². The molecule has 156 valence electrons. The van der Waals surface area contributed by atoms with Crippen LogP contribution >= 0.6 is 0 Å². The second-order valence-electron chi connectivity index (χ2n) is 8.39. The normalized spacial score (nSPS) is 14.3. The number of benzene rings is 1. The average molecular weight is 406 g/mol.